The van der Waals surface area contributed by atoms with Crippen molar-refractivity contribution in [3.05, 3.63) is 34.7 Å². The Bertz CT molecular complexity index is 539. The van der Waals surface area contributed by atoms with E-state index in [1.807, 2.05) is 6.92 Å². The van der Waals surface area contributed by atoms with Crippen molar-refractivity contribution in [2.45, 2.75) is 13.5 Å². The van der Waals surface area contributed by atoms with Crippen molar-refractivity contribution in [2.75, 3.05) is 7.11 Å². The van der Waals surface area contributed by atoms with Crippen LogP contribution in [0.4, 0.5) is 4.39 Å². The summed E-state index contributed by atoms with van der Waals surface area (Å²) in [5.74, 6) is -0.179. The fourth-order valence-corrected chi connectivity index (χ4v) is 2.52. The average molecular weight is 253 g/mol. The first kappa shape index (κ1) is 12.0. The summed E-state index contributed by atoms with van der Waals surface area (Å²) in [5, 5.41) is 9.65. The topological polar surface area (TPSA) is 42.4 Å². The van der Waals surface area contributed by atoms with Crippen LogP contribution in [0.25, 0.3) is 10.4 Å². The van der Waals surface area contributed by atoms with E-state index in [-0.39, 0.29) is 12.4 Å². The summed E-state index contributed by atoms with van der Waals surface area (Å²) in [6.45, 7) is 1.75. The van der Waals surface area contributed by atoms with Crippen molar-refractivity contribution in [1.29, 1.82) is 0 Å². The molecule has 17 heavy (non-hydrogen) atoms. The summed E-state index contributed by atoms with van der Waals surface area (Å²) >= 11 is 1.37. The fraction of sp³-hybridized carbons (Fsp3) is 0.250. The molecule has 0 unspecified atom stereocenters. The van der Waals surface area contributed by atoms with E-state index >= 15 is 0 Å². The van der Waals surface area contributed by atoms with Crippen LogP contribution >= 0.6 is 11.3 Å². The summed E-state index contributed by atoms with van der Waals surface area (Å²) < 4.78 is 18.4. The molecule has 0 bridgehead atoms. The number of halogens is 1. The molecule has 2 rings (SSSR count). The van der Waals surface area contributed by atoms with Crippen molar-refractivity contribution in [1.82, 2.24) is 4.98 Å². The number of hydrogen-bond donors (Lipinski definition) is 1. The molecule has 0 fully saturated rings. The lowest BCUT2D eigenvalue weighted by Crippen LogP contribution is -1.88. The highest BCUT2D eigenvalue weighted by molar-refractivity contribution is 7.15. The molecular weight excluding hydrogens is 241 g/mol. The van der Waals surface area contributed by atoms with Gasteiger partial charge < -0.3 is 9.84 Å². The quantitative estimate of drug-likeness (QED) is 0.914. The molecule has 0 amide bonds. The van der Waals surface area contributed by atoms with E-state index in [0.29, 0.717) is 5.01 Å². The van der Waals surface area contributed by atoms with Gasteiger partial charge in [0, 0.05) is 0 Å². The zero-order valence-corrected chi connectivity index (χ0v) is 10.3. The molecule has 0 aliphatic heterocycles. The third-order valence-electron chi connectivity index (χ3n) is 2.39. The van der Waals surface area contributed by atoms with Gasteiger partial charge in [0.05, 0.1) is 24.3 Å². The van der Waals surface area contributed by atoms with E-state index in [1.165, 1.54) is 24.5 Å². The minimum atomic E-state index is -0.400. The summed E-state index contributed by atoms with van der Waals surface area (Å²) in [5.41, 5.74) is 1.54. The molecule has 0 atom stereocenters. The van der Waals surface area contributed by atoms with Gasteiger partial charge in [-0.1, -0.05) is 0 Å². The van der Waals surface area contributed by atoms with Crippen molar-refractivity contribution in [3.8, 4) is 16.2 Å². The van der Waals surface area contributed by atoms with Crippen molar-refractivity contribution >= 4 is 11.3 Å². The smallest absolute Gasteiger partial charge is 0.165 e. The van der Waals surface area contributed by atoms with Gasteiger partial charge in [-0.15, -0.1) is 11.3 Å². The normalized spacial score (nSPS) is 10.6. The molecule has 90 valence electrons. The molecular formula is C12H12FNO2S. The number of aromatic nitrogens is 1. The van der Waals surface area contributed by atoms with Gasteiger partial charge in [-0.3, -0.25) is 0 Å². The minimum Gasteiger partial charge on any atom is -0.494 e. The fourth-order valence-electron chi connectivity index (χ4n) is 1.60. The number of hydrogen-bond acceptors (Lipinski definition) is 4. The van der Waals surface area contributed by atoms with Gasteiger partial charge >= 0.3 is 0 Å². The first-order valence-electron chi connectivity index (χ1n) is 5.06. The number of rotatable bonds is 3. The summed E-state index contributed by atoms with van der Waals surface area (Å²) in [6.07, 6.45) is 0. The first-order chi connectivity index (χ1) is 8.15. The monoisotopic (exact) mass is 253 g/mol. The lowest BCUT2D eigenvalue weighted by Gasteiger charge is -2.03. The van der Waals surface area contributed by atoms with Crippen LogP contribution in [-0.2, 0) is 6.61 Å². The number of aryl methyl sites for hydroxylation is 1. The number of methoxy groups -OCH3 is 1. The number of thiazole rings is 1. The zero-order valence-electron chi connectivity index (χ0n) is 9.53. The number of ether oxygens (including phenoxy) is 1. The Balaban J connectivity index is 2.45. The molecule has 0 aliphatic carbocycles. The molecule has 0 saturated heterocycles. The van der Waals surface area contributed by atoms with Gasteiger partial charge in [0.25, 0.3) is 0 Å². The average Bonchev–Trinajstić information content (AvgIpc) is 2.70. The molecule has 0 saturated carbocycles. The number of aliphatic hydroxyl groups excluding tert-OH is 1. The Kier molecular flexibility index (Phi) is 3.40. The minimum absolute atomic E-state index is 0.0931. The molecule has 1 aromatic heterocycles. The summed E-state index contributed by atoms with van der Waals surface area (Å²) in [7, 11) is 1.43. The van der Waals surface area contributed by atoms with Gasteiger partial charge in [0.15, 0.2) is 11.6 Å². The van der Waals surface area contributed by atoms with E-state index in [2.05, 4.69) is 4.98 Å². The van der Waals surface area contributed by atoms with Crippen LogP contribution in [0, 0.1) is 12.7 Å². The Hall–Kier alpha value is -1.46. The third kappa shape index (κ3) is 2.30. The number of benzene rings is 1. The van der Waals surface area contributed by atoms with E-state index in [0.717, 1.165) is 16.1 Å². The maximum atomic E-state index is 13.6. The predicted molar refractivity (Wildman–Crippen MR) is 64.7 cm³/mol. The van der Waals surface area contributed by atoms with Crippen LogP contribution < -0.4 is 4.74 Å². The standard InChI is InChI=1S/C12H12FNO2S/c1-7-12(17-11(6-15)14-7)8-3-4-10(16-2)9(13)5-8/h3-5,15H,6H2,1-2H3. The maximum absolute atomic E-state index is 13.6. The Morgan fingerprint density at radius 3 is 2.76 bits per heavy atom. The van der Waals surface area contributed by atoms with Crippen molar-refractivity contribution in [3.63, 3.8) is 0 Å². The van der Waals surface area contributed by atoms with Crippen LogP contribution in [0.15, 0.2) is 18.2 Å². The molecule has 0 aliphatic rings. The second-order valence-corrected chi connectivity index (χ2v) is 4.61. The van der Waals surface area contributed by atoms with Gasteiger partial charge in [-0.05, 0) is 30.7 Å². The molecule has 1 N–H and O–H groups in total. The zero-order chi connectivity index (χ0) is 12.4. The molecule has 0 spiro atoms. The van der Waals surface area contributed by atoms with E-state index < -0.39 is 5.82 Å². The van der Waals surface area contributed by atoms with E-state index in [4.69, 9.17) is 9.84 Å². The molecule has 0 radical (unpaired) electrons. The lowest BCUT2D eigenvalue weighted by atomic mass is 10.1. The molecule has 1 heterocycles. The van der Waals surface area contributed by atoms with E-state index in [9.17, 15) is 4.39 Å². The second-order valence-electron chi connectivity index (χ2n) is 3.53. The second kappa shape index (κ2) is 4.81. The van der Waals surface area contributed by atoms with Gasteiger partial charge in [-0.25, -0.2) is 9.37 Å². The van der Waals surface area contributed by atoms with Crippen molar-refractivity contribution < 1.29 is 14.2 Å². The lowest BCUT2D eigenvalue weighted by molar-refractivity contribution is 0.281. The van der Waals surface area contributed by atoms with Gasteiger partial charge in [0.2, 0.25) is 0 Å². The first-order valence-corrected chi connectivity index (χ1v) is 5.88. The van der Waals surface area contributed by atoms with E-state index in [1.54, 1.807) is 12.1 Å². The Morgan fingerprint density at radius 2 is 2.24 bits per heavy atom. The van der Waals surface area contributed by atoms with Gasteiger partial charge in [0.1, 0.15) is 5.01 Å². The van der Waals surface area contributed by atoms with Crippen LogP contribution in [0.2, 0.25) is 0 Å². The van der Waals surface area contributed by atoms with Crippen molar-refractivity contribution in [2.24, 2.45) is 0 Å². The third-order valence-corrected chi connectivity index (χ3v) is 3.58. The maximum Gasteiger partial charge on any atom is 0.165 e. The molecule has 3 nitrogen and oxygen atoms in total. The molecule has 2 aromatic rings. The number of nitrogens with zero attached hydrogens (tertiary/aromatic N) is 1. The van der Waals surface area contributed by atoms with Crippen LogP contribution in [0.3, 0.4) is 0 Å². The highest BCUT2D eigenvalue weighted by atomic mass is 32.1. The van der Waals surface area contributed by atoms with Crippen LogP contribution in [-0.4, -0.2) is 17.2 Å². The van der Waals surface area contributed by atoms with Crippen LogP contribution in [0.1, 0.15) is 10.7 Å². The number of aliphatic hydroxyl groups is 1. The molecule has 1 aromatic carbocycles. The molecule has 5 heteroatoms. The summed E-state index contributed by atoms with van der Waals surface area (Å²) in [6, 6.07) is 4.78. The van der Waals surface area contributed by atoms with Gasteiger partial charge in [-0.2, -0.15) is 0 Å². The largest absolute Gasteiger partial charge is 0.494 e. The highest BCUT2D eigenvalue weighted by Crippen LogP contribution is 2.32. The Labute approximate surface area is 103 Å². The Morgan fingerprint density at radius 1 is 1.47 bits per heavy atom. The highest BCUT2D eigenvalue weighted by Gasteiger charge is 2.11. The SMILES string of the molecule is COc1ccc(-c2sc(CO)nc2C)cc1F. The predicted octanol–water partition coefficient (Wildman–Crippen LogP) is 2.76. The van der Waals surface area contributed by atoms with Crippen LogP contribution in [0.5, 0.6) is 5.75 Å². The summed E-state index contributed by atoms with van der Waals surface area (Å²) in [4.78, 5) is 5.06.